The fourth-order valence-electron chi connectivity index (χ4n) is 9.05. The van der Waals surface area contributed by atoms with Crippen LogP contribution in [0.15, 0.2) is 218 Å². The molecule has 2 fully saturated rings. The first-order chi connectivity index (χ1) is 34.7. The van der Waals surface area contributed by atoms with Crippen molar-refractivity contribution in [2.24, 2.45) is 0 Å². The van der Waals surface area contributed by atoms with Crippen LogP contribution >= 0.6 is 23.5 Å². The fraction of sp³-hybridized carbons (Fsp3) is 0.200. The van der Waals surface area contributed by atoms with Crippen LogP contribution in [0.5, 0.6) is 34.5 Å². The highest BCUT2D eigenvalue weighted by atomic mass is 31.3. The molecule has 366 valence electrons. The summed E-state index contributed by atoms with van der Waals surface area (Å²) in [6.07, 6.45) is 0. The van der Waals surface area contributed by atoms with Gasteiger partial charge in [-0.2, -0.15) is 0 Å². The number of benzene rings is 8. The Bertz CT molecular complexity index is 3010. The highest BCUT2D eigenvalue weighted by molar-refractivity contribution is 7.84. The Morgan fingerprint density at radius 3 is 1.11 bits per heavy atom. The van der Waals surface area contributed by atoms with E-state index in [0.29, 0.717) is 34.5 Å². The molecule has 2 heterocycles. The summed E-state index contributed by atoms with van der Waals surface area (Å²) >= 11 is 0. The topological polar surface area (TPSA) is 91.5 Å². The molecule has 3 N–H and O–H groups in total. The second kappa shape index (κ2) is 20.3. The second-order valence-electron chi connectivity index (χ2n) is 19.6. The van der Waals surface area contributed by atoms with Crippen molar-refractivity contribution in [1.29, 1.82) is 0 Å². The molecule has 2 aliphatic heterocycles. The molecule has 9 nitrogen and oxygen atoms in total. The number of fused-ring (bicyclic) bond motifs is 1. The van der Waals surface area contributed by atoms with E-state index < -0.39 is 40.9 Å². The van der Waals surface area contributed by atoms with Gasteiger partial charge in [0.25, 0.3) is 5.78 Å². The van der Waals surface area contributed by atoms with E-state index in [-0.39, 0.29) is 10.8 Å². The zero-order valence-corrected chi connectivity index (χ0v) is 44.5. The number of aryl methyl sites for hydroxylation is 2. The zero-order valence-electron chi connectivity index (χ0n) is 41.8. The van der Waals surface area contributed by atoms with Gasteiger partial charge in [0.15, 0.2) is 28.7 Å². The molecule has 8 aromatic rings. The van der Waals surface area contributed by atoms with Crippen molar-refractivity contribution in [3.05, 3.63) is 252 Å². The average molecular weight is 1020 g/mol. The molecule has 0 bridgehead atoms. The van der Waals surface area contributed by atoms with E-state index in [2.05, 4.69) is 148 Å². The van der Waals surface area contributed by atoms with Gasteiger partial charge in [-0.25, -0.2) is 0 Å². The van der Waals surface area contributed by atoms with E-state index in [9.17, 15) is 0 Å². The number of hydrogen-bond donors (Lipinski definition) is 3. The van der Waals surface area contributed by atoms with Crippen LogP contribution in [0, 0.1) is 13.8 Å². The summed E-state index contributed by atoms with van der Waals surface area (Å²) < 4.78 is 44.0. The molecular weight excluding hydrogens is 952 g/mol. The monoisotopic (exact) mass is 1010 g/mol. The normalized spacial score (nSPS) is 21.5. The number of para-hydroxylation sites is 4. The van der Waals surface area contributed by atoms with Gasteiger partial charge in [0.2, 0.25) is 5.78 Å². The van der Waals surface area contributed by atoms with E-state index in [1.54, 1.807) is 0 Å². The van der Waals surface area contributed by atoms with Gasteiger partial charge >= 0.3 is 29.4 Å². The van der Waals surface area contributed by atoms with E-state index in [1.807, 2.05) is 133 Å². The van der Waals surface area contributed by atoms with Gasteiger partial charge in [0.05, 0.1) is 4.86 Å². The van der Waals surface area contributed by atoms with Gasteiger partial charge in [-0.15, -0.1) is 5.09 Å². The Morgan fingerprint density at radius 2 is 0.708 bits per heavy atom. The van der Waals surface area contributed by atoms with Gasteiger partial charge in [-0.3, -0.25) is 18.1 Å². The Hall–Kier alpha value is -6.27. The van der Waals surface area contributed by atoms with Crippen molar-refractivity contribution in [2.45, 2.75) is 76.7 Å². The maximum absolute atomic E-state index is 7.48. The smallest absolute Gasteiger partial charge is 0.446 e. The number of nitrogens with one attached hydrogen (secondary N) is 3. The highest BCUT2D eigenvalue weighted by Crippen LogP contribution is 2.86. The summed E-state index contributed by atoms with van der Waals surface area (Å²) in [5.74, 6) is 2.26. The first-order valence-corrected chi connectivity index (χ1v) is 29.6. The highest BCUT2D eigenvalue weighted by Gasteiger charge is 2.91. The number of rotatable bonds is 16. The predicted molar refractivity (Wildman–Crippen MR) is 296 cm³/mol. The van der Waals surface area contributed by atoms with Crippen molar-refractivity contribution in [3.63, 3.8) is 0 Å². The van der Waals surface area contributed by atoms with Gasteiger partial charge in [0, 0.05) is 10.8 Å². The predicted octanol–water partition coefficient (Wildman–Crippen LogP) is 15.8. The molecule has 0 saturated carbocycles. The minimum Gasteiger partial charge on any atom is -0.446 e. The summed E-state index contributed by atoms with van der Waals surface area (Å²) in [5.41, 5.74) is 6.73. The molecule has 5 unspecified atom stereocenters. The standard InChI is InChI=1S/C60H63N3O6P3/c1-44-28-32-47(33-29-44)59(4,5)49-36-40-51(41-37-49)64-58-57-62-72(68-54-24-16-10-17-25-54,69-55-26-18-11-19-27-55)63-71(66-53-22-14-9-15-23-53,46(3)61-70(57,58)65-52-20-12-8-13-21-52)67-56-42-38-50(39-43-56)60(6,7)48-34-30-45(2)31-35-48/h8-43,46,57-58,61-63H,1-7H3/q+3. The first kappa shape index (κ1) is 49.3. The maximum Gasteiger partial charge on any atom is 0.562 e. The SMILES string of the molecule is Cc1ccc(C(C)(C)c2ccc(OC3C4N[P+](Oc5ccccc5)(Oc5ccccc5)N[P+](Oc5ccccc5)(Oc5ccc(C(C)(C)c6ccc(C)cc6)cc5)C(C)N[P+]43Oc3ccccc3)cc2)cc1. The fourth-order valence-corrected chi connectivity index (χ4v) is 20.2. The quantitative estimate of drug-likeness (QED) is 0.0819. The van der Waals surface area contributed by atoms with Gasteiger partial charge in [-0.1, -0.05) is 190 Å². The van der Waals surface area contributed by atoms with Crippen molar-refractivity contribution in [2.75, 3.05) is 0 Å². The van der Waals surface area contributed by atoms with Gasteiger partial charge in [-0.05, 0) is 116 Å². The molecule has 0 amide bonds. The maximum atomic E-state index is 7.48. The Morgan fingerprint density at radius 1 is 0.375 bits per heavy atom. The minimum atomic E-state index is -3.66. The third-order valence-corrected chi connectivity index (χ3v) is 23.2. The molecule has 2 aliphatic rings. The van der Waals surface area contributed by atoms with Crippen molar-refractivity contribution >= 4 is 23.5 Å². The van der Waals surface area contributed by atoms with E-state index in [0.717, 1.165) is 5.56 Å². The lowest BCUT2D eigenvalue weighted by Crippen LogP contribution is -2.47. The van der Waals surface area contributed by atoms with Crippen molar-refractivity contribution in [1.82, 2.24) is 15.0 Å². The molecule has 0 radical (unpaired) electrons. The van der Waals surface area contributed by atoms with Gasteiger partial charge < -0.3 is 9.26 Å². The minimum absolute atomic E-state index is 0.235. The molecule has 0 aromatic heterocycles. The lowest BCUT2D eigenvalue weighted by atomic mass is 9.78. The lowest BCUT2D eigenvalue weighted by Gasteiger charge is -2.33. The molecule has 5 atom stereocenters. The zero-order chi connectivity index (χ0) is 50.0. The third kappa shape index (κ3) is 10.5. The van der Waals surface area contributed by atoms with Crippen LogP contribution in [-0.2, 0) is 10.8 Å². The molecule has 10 rings (SSSR count). The third-order valence-electron chi connectivity index (χ3n) is 13.6. The summed E-state index contributed by atoms with van der Waals surface area (Å²) in [4.78, 5) is 3.93. The summed E-state index contributed by atoms with van der Waals surface area (Å²) in [6, 6.07) is 73.4. The largest absolute Gasteiger partial charge is 0.562 e. The molecule has 0 aliphatic carbocycles. The lowest BCUT2D eigenvalue weighted by molar-refractivity contribution is 0.303. The van der Waals surface area contributed by atoms with Crippen LogP contribution in [0.1, 0.15) is 68.0 Å². The van der Waals surface area contributed by atoms with Gasteiger partial charge in [0.1, 0.15) is 5.75 Å². The molecule has 72 heavy (non-hydrogen) atoms. The number of ether oxygens (including phenoxy) is 1. The van der Waals surface area contributed by atoms with Crippen molar-refractivity contribution < 1.29 is 27.4 Å². The Labute approximate surface area is 426 Å². The van der Waals surface area contributed by atoms with E-state index in [4.69, 9.17) is 27.4 Å². The summed E-state index contributed by atoms with van der Waals surface area (Å²) in [6.45, 7) is 15.3. The average Bonchev–Trinajstić information content (AvgIpc) is 3.93. The van der Waals surface area contributed by atoms with Crippen molar-refractivity contribution in [3.8, 4) is 34.5 Å². The first-order valence-electron chi connectivity index (χ1n) is 24.5. The van der Waals surface area contributed by atoms with Crippen LogP contribution in [-0.4, -0.2) is 17.4 Å². The van der Waals surface area contributed by atoms with Crippen LogP contribution < -0.4 is 42.4 Å². The summed E-state index contributed by atoms with van der Waals surface area (Å²) in [5, 5.41) is 8.01. The van der Waals surface area contributed by atoms with Crippen LogP contribution in [0.25, 0.3) is 0 Å². The number of hydrogen-bond acceptors (Lipinski definition) is 9. The van der Waals surface area contributed by atoms with E-state index >= 15 is 0 Å². The van der Waals surface area contributed by atoms with Crippen LogP contribution in [0.4, 0.5) is 0 Å². The van der Waals surface area contributed by atoms with Crippen LogP contribution in [0.2, 0.25) is 0 Å². The molecule has 2 saturated heterocycles. The summed E-state index contributed by atoms with van der Waals surface area (Å²) in [7, 11) is -10.2. The van der Waals surface area contributed by atoms with Crippen LogP contribution in [0.3, 0.4) is 0 Å². The second-order valence-corrected chi connectivity index (χ2v) is 27.4. The molecular formula is C60H63N3O6P3+3. The molecule has 8 aromatic carbocycles. The Balaban J connectivity index is 1.10. The van der Waals surface area contributed by atoms with E-state index in [1.165, 1.54) is 27.8 Å². The molecule has 12 heteroatoms. The Kier molecular flexibility index (Phi) is 13.9. The molecule has 0 spiro atoms.